The van der Waals surface area contributed by atoms with Crippen LogP contribution in [0, 0.1) is 5.92 Å². The molecule has 1 aromatic carbocycles. The van der Waals surface area contributed by atoms with Crippen LogP contribution in [0.2, 0.25) is 0 Å². The lowest BCUT2D eigenvalue weighted by Gasteiger charge is -2.24. The molecule has 2 atom stereocenters. The topological polar surface area (TPSA) is 44.4 Å². The number of carbonyl (C=O) groups excluding carboxylic acids is 1. The normalized spacial score (nSPS) is 23.1. The van der Waals surface area contributed by atoms with E-state index in [9.17, 15) is 4.79 Å². The van der Waals surface area contributed by atoms with E-state index in [1.807, 2.05) is 11.8 Å². The minimum absolute atomic E-state index is 0.0736. The molecule has 0 spiro atoms. The van der Waals surface area contributed by atoms with Gasteiger partial charge in [-0.05, 0) is 37.7 Å². The molecule has 21 heavy (non-hydrogen) atoms. The maximum atomic E-state index is 11.9. The molecular weight excluding hydrogens is 262 g/mol. The number of nitrogens with zero attached hydrogens (tertiary/aromatic N) is 1. The lowest BCUT2D eigenvalue weighted by molar-refractivity contribution is 0.207. The number of hydrogen-bond donors (Lipinski definition) is 2. The molecule has 0 bridgehead atoms. The number of likely N-dealkylation sites (tertiary alicyclic amines) is 1. The molecule has 1 aromatic rings. The van der Waals surface area contributed by atoms with Crippen LogP contribution in [-0.4, -0.2) is 36.6 Å². The van der Waals surface area contributed by atoms with Crippen LogP contribution >= 0.6 is 0 Å². The first-order valence-corrected chi connectivity index (χ1v) is 8.11. The van der Waals surface area contributed by atoms with Crippen LogP contribution < -0.4 is 10.6 Å². The van der Waals surface area contributed by atoms with Crippen LogP contribution in [-0.2, 0) is 0 Å². The number of urea groups is 1. The molecule has 1 heterocycles. The van der Waals surface area contributed by atoms with E-state index in [0.717, 1.165) is 25.4 Å². The first-order chi connectivity index (χ1) is 10.3. The Balaban J connectivity index is 1.59. The summed E-state index contributed by atoms with van der Waals surface area (Å²) in [6.45, 7) is 4.34. The summed E-state index contributed by atoms with van der Waals surface area (Å²) in [6, 6.07) is 11.7. The van der Waals surface area contributed by atoms with Gasteiger partial charge in [0.05, 0.1) is 0 Å². The van der Waals surface area contributed by atoms with E-state index >= 15 is 0 Å². The molecule has 2 N–H and O–H groups in total. The van der Waals surface area contributed by atoms with Gasteiger partial charge >= 0.3 is 6.03 Å². The molecular formula is C17H25N3O. The number of benzene rings is 1. The lowest BCUT2D eigenvalue weighted by atomic mass is 10.0. The molecule has 0 unspecified atom stereocenters. The van der Waals surface area contributed by atoms with Crippen molar-refractivity contribution in [2.45, 2.75) is 38.3 Å². The summed E-state index contributed by atoms with van der Waals surface area (Å²) < 4.78 is 0. The highest BCUT2D eigenvalue weighted by molar-refractivity contribution is 5.74. The molecule has 2 amide bonds. The van der Waals surface area contributed by atoms with Crippen LogP contribution in [0.1, 0.15) is 37.8 Å². The zero-order chi connectivity index (χ0) is 14.7. The number of hydrogen-bond acceptors (Lipinski definition) is 2. The zero-order valence-electron chi connectivity index (χ0n) is 12.7. The Morgan fingerprint density at radius 2 is 2.05 bits per heavy atom. The highest BCUT2D eigenvalue weighted by Crippen LogP contribution is 2.41. The summed E-state index contributed by atoms with van der Waals surface area (Å²) in [5, 5.41) is 6.69. The predicted molar refractivity (Wildman–Crippen MR) is 84.1 cm³/mol. The van der Waals surface area contributed by atoms with Crippen molar-refractivity contribution in [3.8, 4) is 0 Å². The Hall–Kier alpha value is -1.55. The fourth-order valence-corrected chi connectivity index (χ4v) is 3.19. The Bertz CT molecular complexity index is 472. The number of nitrogens with one attached hydrogen (secondary N) is 2. The zero-order valence-corrected chi connectivity index (χ0v) is 12.7. The first-order valence-electron chi connectivity index (χ1n) is 8.11. The molecule has 1 aliphatic heterocycles. The molecule has 114 valence electrons. The molecule has 4 heteroatoms. The van der Waals surface area contributed by atoms with Crippen molar-refractivity contribution in [1.82, 2.24) is 15.5 Å². The third-order valence-corrected chi connectivity index (χ3v) is 4.47. The van der Waals surface area contributed by atoms with Crippen molar-refractivity contribution in [2.24, 2.45) is 5.92 Å². The SMILES string of the molecule is CCNC(=O)N1CC[C@H](N[C@H](c2ccccc2)C2CC2)C1. The van der Waals surface area contributed by atoms with Crippen molar-refractivity contribution >= 4 is 6.03 Å². The summed E-state index contributed by atoms with van der Waals surface area (Å²) >= 11 is 0. The summed E-state index contributed by atoms with van der Waals surface area (Å²) in [5.74, 6) is 0.769. The molecule has 1 saturated carbocycles. The maximum Gasteiger partial charge on any atom is 0.317 e. The van der Waals surface area contributed by atoms with Gasteiger partial charge in [0.25, 0.3) is 0 Å². The van der Waals surface area contributed by atoms with E-state index in [4.69, 9.17) is 0 Å². The molecule has 2 fully saturated rings. The second kappa shape index (κ2) is 6.48. The quantitative estimate of drug-likeness (QED) is 0.874. The van der Waals surface area contributed by atoms with Crippen molar-refractivity contribution in [1.29, 1.82) is 0 Å². The van der Waals surface area contributed by atoms with Crippen LogP contribution in [0.3, 0.4) is 0 Å². The van der Waals surface area contributed by atoms with Gasteiger partial charge in [-0.2, -0.15) is 0 Å². The van der Waals surface area contributed by atoms with Crippen LogP contribution in [0.4, 0.5) is 4.79 Å². The highest BCUT2D eigenvalue weighted by Gasteiger charge is 2.35. The summed E-state index contributed by atoms with van der Waals surface area (Å²) in [4.78, 5) is 13.8. The van der Waals surface area contributed by atoms with Gasteiger partial charge in [-0.3, -0.25) is 0 Å². The second-order valence-electron chi connectivity index (χ2n) is 6.16. The largest absolute Gasteiger partial charge is 0.338 e. The van der Waals surface area contributed by atoms with Gasteiger partial charge in [0, 0.05) is 31.7 Å². The van der Waals surface area contributed by atoms with Gasteiger partial charge in [-0.15, -0.1) is 0 Å². The number of rotatable bonds is 5. The fraction of sp³-hybridized carbons (Fsp3) is 0.588. The summed E-state index contributed by atoms with van der Waals surface area (Å²) in [7, 11) is 0. The van der Waals surface area contributed by atoms with E-state index < -0.39 is 0 Å². The molecule has 0 radical (unpaired) electrons. The molecule has 2 aliphatic rings. The molecule has 1 aliphatic carbocycles. The van der Waals surface area contributed by atoms with Crippen molar-refractivity contribution in [3.63, 3.8) is 0 Å². The van der Waals surface area contributed by atoms with Gasteiger partial charge in [0.1, 0.15) is 0 Å². The van der Waals surface area contributed by atoms with Gasteiger partial charge in [0.15, 0.2) is 0 Å². The lowest BCUT2D eigenvalue weighted by Crippen LogP contribution is -2.41. The fourth-order valence-electron chi connectivity index (χ4n) is 3.19. The van der Waals surface area contributed by atoms with Crippen LogP contribution in [0.25, 0.3) is 0 Å². The second-order valence-corrected chi connectivity index (χ2v) is 6.16. The Labute approximate surface area is 126 Å². The Morgan fingerprint density at radius 1 is 1.29 bits per heavy atom. The van der Waals surface area contributed by atoms with E-state index in [1.54, 1.807) is 0 Å². The van der Waals surface area contributed by atoms with Gasteiger partial charge in [-0.25, -0.2) is 4.79 Å². The monoisotopic (exact) mass is 287 g/mol. The predicted octanol–water partition coefficient (Wildman–Crippen LogP) is 2.53. The molecule has 0 aromatic heterocycles. The number of amides is 2. The maximum absolute atomic E-state index is 11.9. The van der Waals surface area contributed by atoms with Gasteiger partial charge in [-0.1, -0.05) is 30.3 Å². The third-order valence-electron chi connectivity index (χ3n) is 4.47. The Morgan fingerprint density at radius 3 is 2.71 bits per heavy atom. The van der Waals surface area contributed by atoms with E-state index in [-0.39, 0.29) is 6.03 Å². The van der Waals surface area contributed by atoms with Crippen LogP contribution in [0.5, 0.6) is 0 Å². The van der Waals surface area contributed by atoms with Gasteiger partial charge < -0.3 is 15.5 Å². The minimum Gasteiger partial charge on any atom is -0.338 e. The third kappa shape index (κ3) is 3.56. The van der Waals surface area contributed by atoms with Crippen molar-refractivity contribution in [2.75, 3.05) is 19.6 Å². The van der Waals surface area contributed by atoms with E-state index in [0.29, 0.717) is 18.6 Å². The van der Waals surface area contributed by atoms with Crippen LogP contribution in [0.15, 0.2) is 30.3 Å². The molecule has 1 saturated heterocycles. The average Bonchev–Trinajstić information content (AvgIpc) is 3.24. The standard InChI is InChI=1S/C17H25N3O/c1-2-18-17(21)20-11-10-15(12-20)19-16(14-8-9-14)13-6-4-3-5-7-13/h3-7,14-16,19H,2,8-12H2,1H3,(H,18,21)/t15-,16+/m0/s1. The smallest absolute Gasteiger partial charge is 0.317 e. The highest BCUT2D eigenvalue weighted by atomic mass is 16.2. The van der Waals surface area contributed by atoms with E-state index in [1.165, 1.54) is 18.4 Å². The van der Waals surface area contributed by atoms with Crippen molar-refractivity contribution in [3.05, 3.63) is 35.9 Å². The van der Waals surface area contributed by atoms with Gasteiger partial charge in [0.2, 0.25) is 0 Å². The molecule has 3 rings (SSSR count). The summed E-state index contributed by atoms with van der Waals surface area (Å²) in [6.07, 6.45) is 3.69. The van der Waals surface area contributed by atoms with Crippen molar-refractivity contribution < 1.29 is 4.79 Å². The summed E-state index contributed by atoms with van der Waals surface area (Å²) in [5.41, 5.74) is 1.39. The molecule has 4 nitrogen and oxygen atoms in total. The first kappa shape index (κ1) is 14.4. The average molecular weight is 287 g/mol. The number of carbonyl (C=O) groups is 1. The Kier molecular flexibility index (Phi) is 4.44. The van der Waals surface area contributed by atoms with E-state index in [2.05, 4.69) is 41.0 Å². The minimum atomic E-state index is 0.0736.